The first kappa shape index (κ1) is 28.0. The van der Waals surface area contributed by atoms with Crippen molar-refractivity contribution in [3.63, 3.8) is 0 Å². The molecule has 0 radical (unpaired) electrons. The minimum Gasteiger partial charge on any atom is -0.361 e. The smallest absolute Gasteiger partial charge is 0.255 e. The van der Waals surface area contributed by atoms with Crippen molar-refractivity contribution >= 4 is 57.5 Å². The molecule has 0 spiro atoms. The van der Waals surface area contributed by atoms with Crippen LogP contribution in [0.4, 0.5) is 0 Å². The Labute approximate surface area is 238 Å². The predicted molar refractivity (Wildman–Crippen MR) is 156 cm³/mol. The van der Waals surface area contributed by atoms with E-state index in [1.54, 1.807) is 28.0 Å². The SMILES string of the molecule is CC(C)CN(CC(=O)N(CCc1c[nH]c2ccccc12)Cc1ccc(Cl)cc1)C(=O)c1ccc(Cl)cc1Cl. The maximum absolute atomic E-state index is 13.7. The molecule has 1 aromatic heterocycles. The molecule has 4 rings (SSSR count). The van der Waals surface area contributed by atoms with Crippen molar-refractivity contribution in [3.05, 3.63) is 105 Å². The van der Waals surface area contributed by atoms with Gasteiger partial charge in [0, 0.05) is 46.8 Å². The molecule has 198 valence electrons. The summed E-state index contributed by atoms with van der Waals surface area (Å²) in [5, 5.41) is 2.49. The Bertz CT molecular complexity index is 1420. The van der Waals surface area contributed by atoms with Crippen molar-refractivity contribution in [2.24, 2.45) is 5.92 Å². The Morgan fingerprint density at radius 2 is 1.61 bits per heavy atom. The van der Waals surface area contributed by atoms with Crippen molar-refractivity contribution in [3.8, 4) is 0 Å². The van der Waals surface area contributed by atoms with E-state index in [2.05, 4.69) is 11.1 Å². The summed E-state index contributed by atoms with van der Waals surface area (Å²) in [5.41, 5.74) is 3.49. The Balaban J connectivity index is 1.57. The van der Waals surface area contributed by atoms with Crippen LogP contribution in [-0.2, 0) is 17.8 Å². The summed E-state index contributed by atoms with van der Waals surface area (Å²) in [6.45, 7) is 5.28. The fourth-order valence-electron chi connectivity index (χ4n) is 4.45. The van der Waals surface area contributed by atoms with Crippen LogP contribution in [0.25, 0.3) is 10.9 Å². The van der Waals surface area contributed by atoms with Gasteiger partial charge in [0.25, 0.3) is 5.91 Å². The van der Waals surface area contributed by atoms with Gasteiger partial charge in [0.2, 0.25) is 5.91 Å². The second-order valence-electron chi connectivity index (χ2n) is 9.75. The molecule has 38 heavy (non-hydrogen) atoms. The van der Waals surface area contributed by atoms with Crippen LogP contribution in [-0.4, -0.2) is 46.2 Å². The van der Waals surface area contributed by atoms with E-state index in [1.807, 2.05) is 62.5 Å². The number of hydrogen-bond acceptors (Lipinski definition) is 2. The number of nitrogens with zero attached hydrogens (tertiary/aromatic N) is 2. The fourth-order valence-corrected chi connectivity index (χ4v) is 5.07. The van der Waals surface area contributed by atoms with E-state index in [1.165, 1.54) is 0 Å². The maximum atomic E-state index is 13.7. The van der Waals surface area contributed by atoms with E-state index in [0.717, 1.165) is 22.0 Å². The van der Waals surface area contributed by atoms with Crippen LogP contribution in [0, 0.1) is 5.92 Å². The molecule has 0 saturated carbocycles. The van der Waals surface area contributed by atoms with Gasteiger partial charge in [0.1, 0.15) is 6.54 Å². The normalized spacial score (nSPS) is 11.2. The Hall–Kier alpha value is -2.99. The monoisotopic (exact) mass is 569 g/mol. The number of hydrogen-bond donors (Lipinski definition) is 1. The molecule has 0 aliphatic carbocycles. The van der Waals surface area contributed by atoms with Crippen LogP contribution >= 0.6 is 34.8 Å². The van der Waals surface area contributed by atoms with Gasteiger partial charge in [-0.1, -0.05) is 79.0 Å². The number of amides is 2. The van der Waals surface area contributed by atoms with Crippen LogP contribution in [0.2, 0.25) is 15.1 Å². The van der Waals surface area contributed by atoms with Crippen molar-refractivity contribution < 1.29 is 9.59 Å². The lowest BCUT2D eigenvalue weighted by Gasteiger charge is -2.29. The Morgan fingerprint density at radius 1 is 0.895 bits per heavy atom. The molecule has 0 unspecified atom stereocenters. The highest BCUT2D eigenvalue weighted by Crippen LogP contribution is 2.23. The predicted octanol–water partition coefficient (Wildman–Crippen LogP) is 7.50. The van der Waals surface area contributed by atoms with E-state index in [-0.39, 0.29) is 29.3 Å². The molecule has 0 fully saturated rings. The number of H-pyrrole nitrogens is 1. The zero-order valence-corrected chi connectivity index (χ0v) is 23.7. The minimum atomic E-state index is -0.295. The van der Waals surface area contributed by atoms with Crippen molar-refractivity contribution in [2.75, 3.05) is 19.6 Å². The third-order valence-electron chi connectivity index (χ3n) is 6.33. The highest BCUT2D eigenvalue weighted by molar-refractivity contribution is 6.36. The summed E-state index contributed by atoms with van der Waals surface area (Å²) in [4.78, 5) is 33.9. The lowest BCUT2D eigenvalue weighted by molar-refractivity contribution is -0.132. The van der Waals surface area contributed by atoms with Gasteiger partial charge in [-0.05, 0) is 59.9 Å². The highest BCUT2D eigenvalue weighted by atomic mass is 35.5. The third kappa shape index (κ3) is 7.10. The zero-order valence-electron chi connectivity index (χ0n) is 21.4. The molecule has 1 heterocycles. The van der Waals surface area contributed by atoms with Gasteiger partial charge < -0.3 is 14.8 Å². The third-order valence-corrected chi connectivity index (χ3v) is 7.13. The number of rotatable bonds is 10. The first-order valence-electron chi connectivity index (χ1n) is 12.5. The number of fused-ring (bicyclic) bond motifs is 1. The molecular formula is C30H30Cl3N3O2. The first-order chi connectivity index (χ1) is 18.2. The van der Waals surface area contributed by atoms with E-state index in [4.69, 9.17) is 34.8 Å². The average Bonchev–Trinajstić information content (AvgIpc) is 3.29. The van der Waals surface area contributed by atoms with E-state index >= 15 is 0 Å². The van der Waals surface area contributed by atoms with Gasteiger partial charge in [-0.2, -0.15) is 0 Å². The number of carbonyl (C=O) groups is 2. The lowest BCUT2D eigenvalue weighted by atomic mass is 10.1. The largest absolute Gasteiger partial charge is 0.361 e. The van der Waals surface area contributed by atoms with Gasteiger partial charge >= 0.3 is 0 Å². The Kier molecular flexibility index (Phi) is 9.37. The fraction of sp³-hybridized carbons (Fsp3) is 0.267. The second kappa shape index (κ2) is 12.7. The van der Waals surface area contributed by atoms with Gasteiger partial charge in [-0.15, -0.1) is 0 Å². The minimum absolute atomic E-state index is 0.0581. The topological polar surface area (TPSA) is 56.4 Å². The zero-order chi connectivity index (χ0) is 27.2. The number of halogens is 3. The quantitative estimate of drug-likeness (QED) is 0.215. The molecule has 0 bridgehead atoms. The number of nitrogens with one attached hydrogen (secondary N) is 1. The molecular weight excluding hydrogens is 541 g/mol. The molecule has 3 aromatic carbocycles. The Morgan fingerprint density at radius 3 is 2.32 bits per heavy atom. The maximum Gasteiger partial charge on any atom is 0.255 e. The molecule has 2 amide bonds. The molecule has 4 aromatic rings. The van der Waals surface area contributed by atoms with Crippen molar-refractivity contribution in [2.45, 2.75) is 26.8 Å². The molecule has 8 heteroatoms. The lowest BCUT2D eigenvalue weighted by Crippen LogP contribution is -2.44. The van der Waals surface area contributed by atoms with Gasteiger partial charge in [0.15, 0.2) is 0 Å². The van der Waals surface area contributed by atoms with E-state index in [9.17, 15) is 9.59 Å². The summed E-state index contributed by atoms with van der Waals surface area (Å²) in [7, 11) is 0. The molecule has 0 aliphatic heterocycles. The molecule has 0 atom stereocenters. The van der Waals surface area contributed by atoms with Gasteiger partial charge in [-0.25, -0.2) is 0 Å². The first-order valence-corrected chi connectivity index (χ1v) is 13.7. The van der Waals surface area contributed by atoms with Crippen LogP contribution in [0.3, 0.4) is 0 Å². The average molecular weight is 571 g/mol. The molecule has 1 N–H and O–H groups in total. The van der Waals surface area contributed by atoms with Crippen LogP contribution in [0.5, 0.6) is 0 Å². The second-order valence-corrected chi connectivity index (χ2v) is 11.0. The van der Waals surface area contributed by atoms with Crippen LogP contribution in [0.15, 0.2) is 72.9 Å². The van der Waals surface area contributed by atoms with Gasteiger partial charge in [-0.3, -0.25) is 9.59 Å². The number of carbonyl (C=O) groups excluding carboxylic acids is 2. The van der Waals surface area contributed by atoms with Crippen LogP contribution < -0.4 is 0 Å². The molecule has 5 nitrogen and oxygen atoms in total. The number of aromatic nitrogens is 1. The number of benzene rings is 3. The molecule has 0 aliphatic rings. The summed E-state index contributed by atoms with van der Waals surface area (Å²) in [5.74, 6) is -0.274. The van der Waals surface area contributed by atoms with Crippen LogP contribution in [0.1, 0.15) is 35.3 Å². The van der Waals surface area contributed by atoms with E-state index in [0.29, 0.717) is 41.7 Å². The number of aromatic amines is 1. The summed E-state index contributed by atoms with van der Waals surface area (Å²) >= 11 is 18.4. The van der Waals surface area contributed by atoms with E-state index < -0.39 is 0 Å². The highest BCUT2D eigenvalue weighted by Gasteiger charge is 2.25. The standard InChI is InChI=1S/C30H30Cl3N3O2/c1-20(2)17-36(30(38)26-12-11-24(32)15-27(26)33)19-29(37)35(18-21-7-9-23(31)10-8-21)14-13-22-16-34-28-6-4-3-5-25(22)28/h3-12,15-16,20,34H,13-14,17-19H2,1-2H3. The number of para-hydroxylation sites is 1. The summed E-state index contributed by atoms with van der Waals surface area (Å²) in [6, 6.07) is 20.3. The molecule has 0 saturated heterocycles. The summed E-state index contributed by atoms with van der Waals surface area (Å²) < 4.78 is 0. The van der Waals surface area contributed by atoms with Crippen molar-refractivity contribution in [1.82, 2.24) is 14.8 Å². The van der Waals surface area contributed by atoms with Gasteiger partial charge in [0.05, 0.1) is 10.6 Å². The van der Waals surface area contributed by atoms with Crippen molar-refractivity contribution in [1.29, 1.82) is 0 Å². The summed E-state index contributed by atoms with van der Waals surface area (Å²) in [6.07, 6.45) is 2.66.